The number of hydrogen-bond acceptors (Lipinski definition) is 3. The maximum Gasteiger partial charge on any atom is 0.308 e. The first kappa shape index (κ1) is 13.4. The van der Waals surface area contributed by atoms with Crippen LogP contribution in [-0.4, -0.2) is 34.5 Å². The van der Waals surface area contributed by atoms with E-state index >= 15 is 0 Å². The monoisotopic (exact) mass is 204 g/mol. The number of unbranched alkanes of at least 4 members (excludes halogenated alkanes) is 4. The van der Waals surface area contributed by atoms with E-state index in [-0.39, 0.29) is 13.2 Å². The van der Waals surface area contributed by atoms with E-state index in [2.05, 4.69) is 0 Å². The highest BCUT2D eigenvalue weighted by atomic mass is 16.4. The van der Waals surface area contributed by atoms with Crippen LogP contribution in [0.2, 0.25) is 0 Å². The molecule has 84 valence electrons. The van der Waals surface area contributed by atoms with E-state index in [1.54, 1.807) is 0 Å². The molecule has 0 aliphatic heterocycles. The highest BCUT2D eigenvalue weighted by Gasteiger charge is 2.14. The maximum absolute atomic E-state index is 10.5. The molecule has 0 amide bonds. The van der Waals surface area contributed by atoms with Crippen molar-refractivity contribution in [2.75, 3.05) is 13.2 Å². The van der Waals surface area contributed by atoms with Gasteiger partial charge in [-0.25, -0.2) is 0 Å². The molecular formula is C10H20O4. The van der Waals surface area contributed by atoms with Crippen LogP contribution in [0.5, 0.6) is 0 Å². The van der Waals surface area contributed by atoms with E-state index in [0.717, 1.165) is 32.1 Å². The molecule has 14 heavy (non-hydrogen) atoms. The van der Waals surface area contributed by atoms with Crippen molar-refractivity contribution in [1.82, 2.24) is 0 Å². The summed E-state index contributed by atoms with van der Waals surface area (Å²) < 4.78 is 0. The predicted molar refractivity (Wildman–Crippen MR) is 53.0 cm³/mol. The number of hydrogen-bond donors (Lipinski definition) is 3. The predicted octanol–water partition coefficient (Wildman–Crippen LogP) is 1.01. The van der Waals surface area contributed by atoms with Gasteiger partial charge >= 0.3 is 5.97 Å². The third-order valence-electron chi connectivity index (χ3n) is 2.28. The second-order valence-electron chi connectivity index (χ2n) is 3.50. The lowest BCUT2D eigenvalue weighted by Crippen LogP contribution is -2.17. The second kappa shape index (κ2) is 8.97. The van der Waals surface area contributed by atoms with Gasteiger partial charge in [0.05, 0.1) is 12.5 Å². The van der Waals surface area contributed by atoms with Crippen molar-refractivity contribution in [3.8, 4) is 0 Å². The number of rotatable bonds is 9. The molecular weight excluding hydrogens is 184 g/mol. The van der Waals surface area contributed by atoms with Gasteiger partial charge in [0.2, 0.25) is 0 Å². The molecule has 0 aromatic heterocycles. The fourth-order valence-electron chi connectivity index (χ4n) is 1.33. The zero-order valence-corrected chi connectivity index (χ0v) is 8.48. The van der Waals surface area contributed by atoms with Crippen molar-refractivity contribution >= 4 is 5.97 Å². The molecule has 0 aromatic carbocycles. The van der Waals surface area contributed by atoms with Crippen LogP contribution in [0.25, 0.3) is 0 Å². The van der Waals surface area contributed by atoms with Crippen LogP contribution in [0.15, 0.2) is 0 Å². The Morgan fingerprint density at radius 1 is 1.00 bits per heavy atom. The number of aliphatic carboxylic acids is 1. The quantitative estimate of drug-likeness (QED) is 0.490. The van der Waals surface area contributed by atoms with Crippen LogP contribution < -0.4 is 0 Å². The molecule has 0 radical (unpaired) electrons. The first-order chi connectivity index (χ1) is 6.72. The molecule has 1 unspecified atom stereocenters. The normalized spacial score (nSPS) is 12.7. The number of carboxylic acid groups (broad SMARTS) is 1. The molecule has 0 fully saturated rings. The summed E-state index contributed by atoms with van der Waals surface area (Å²) in [6.45, 7) is -0.0413. The van der Waals surface area contributed by atoms with Gasteiger partial charge in [-0.1, -0.05) is 25.7 Å². The summed E-state index contributed by atoms with van der Waals surface area (Å²) in [6.07, 6.45) is 5.20. The Bertz CT molecular complexity index is 147. The van der Waals surface area contributed by atoms with Crippen LogP contribution in [-0.2, 0) is 4.79 Å². The molecule has 0 aliphatic rings. The summed E-state index contributed by atoms with van der Waals surface area (Å²) in [6, 6.07) is 0. The molecule has 0 aromatic rings. The van der Waals surface area contributed by atoms with Gasteiger partial charge in [0, 0.05) is 6.61 Å². The molecule has 4 heteroatoms. The van der Waals surface area contributed by atoms with Crippen LogP contribution in [0.3, 0.4) is 0 Å². The Morgan fingerprint density at radius 3 is 2.07 bits per heavy atom. The minimum absolute atomic E-state index is 0.231. The van der Waals surface area contributed by atoms with Gasteiger partial charge < -0.3 is 15.3 Å². The van der Waals surface area contributed by atoms with Crippen molar-refractivity contribution in [2.45, 2.75) is 38.5 Å². The van der Waals surface area contributed by atoms with Gasteiger partial charge in [-0.05, 0) is 12.8 Å². The summed E-state index contributed by atoms with van der Waals surface area (Å²) in [4.78, 5) is 10.5. The summed E-state index contributed by atoms with van der Waals surface area (Å²) in [5.41, 5.74) is 0. The average Bonchev–Trinajstić information content (AvgIpc) is 2.16. The second-order valence-corrected chi connectivity index (χ2v) is 3.50. The molecule has 0 aliphatic carbocycles. The van der Waals surface area contributed by atoms with Crippen LogP contribution >= 0.6 is 0 Å². The molecule has 4 nitrogen and oxygen atoms in total. The van der Waals surface area contributed by atoms with Crippen molar-refractivity contribution in [1.29, 1.82) is 0 Å². The highest BCUT2D eigenvalue weighted by Crippen LogP contribution is 2.11. The minimum Gasteiger partial charge on any atom is -0.481 e. The molecule has 0 rings (SSSR count). The van der Waals surface area contributed by atoms with Gasteiger partial charge in [0.15, 0.2) is 0 Å². The summed E-state index contributed by atoms with van der Waals surface area (Å²) >= 11 is 0. The lowest BCUT2D eigenvalue weighted by atomic mass is 10.0. The van der Waals surface area contributed by atoms with Gasteiger partial charge in [0.25, 0.3) is 0 Å². The van der Waals surface area contributed by atoms with Crippen molar-refractivity contribution in [3.05, 3.63) is 0 Å². The smallest absolute Gasteiger partial charge is 0.308 e. The van der Waals surface area contributed by atoms with Crippen molar-refractivity contribution < 1.29 is 20.1 Å². The topological polar surface area (TPSA) is 77.8 Å². The van der Waals surface area contributed by atoms with E-state index in [4.69, 9.17) is 15.3 Å². The fraction of sp³-hybridized carbons (Fsp3) is 0.900. The summed E-state index contributed by atoms with van der Waals surface area (Å²) in [5.74, 6) is -1.52. The van der Waals surface area contributed by atoms with E-state index < -0.39 is 11.9 Å². The highest BCUT2D eigenvalue weighted by molar-refractivity contribution is 5.69. The molecule has 0 heterocycles. The molecule has 0 saturated carbocycles. The van der Waals surface area contributed by atoms with E-state index in [9.17, 15) is 4.79 Å². The Morgan fingerprint density at radius 2 is 1.57 bits per heavy atom. The Balaban J connectivity index is 3.29. The lowest BCUT2D eigenvalue weighted by Gasteiger charge is -2.07. The minimum atomic E-state index is -0.914. The van der Waals surface area contributed by atoms with E-state index in [1.807, 2.05) is 0 Å². The summed E-state index contributed by atoms with van der Waals surface area (Å²) in [7, 11) is 0. The number of carboxylic acids is 1. The molecule has 1 atom stereocenters. The molecule has 0 spiro atoms. The molecule has 3 N–H and O–H groups in total. The SMILES string of the molecule is O=C(O)C(CO)CCCCCCCO. The van der Waals surface area contributed by atoms with Crippen molar-refractivity contribution in [3.63, 3.8) is 0 Å². The third-order valence-corrected chi connectivity index (χ3v) is 2.28. The van der Waals surface area contributed by atoms with Gasteiger partial charge in [-0.15, -0.1) is 0 Å². The first-order valence-corrected chi connectivity index (χ1v) is 5.17. The third kappa shape index (κ3) is 6.86. The number of carbonyl (C=O) groups is 1. The fourth-order valence-corrected chi connectivity index (χ4v) is 1.33. The Hall–Kier alpha value is -0.610. The number of aliphatic hydroxyl groups is 2. The zero-order valence-electron chi connectivity index (χ0n) is 8.48. The van der Waals surface area contributed by atoms with Gasteiger partial charge in [0.1, 0.15) is 0 Å². The van der Waals surface area contributed by atoms with Gasteiger partial charge in [-0.2, -0.15) is 0 Å². The maximum atomic E-state index is 10.5. The van der Waals surface area contributed by atoms with Crippen molar-refractivity contribution in [2.24, 2.45) is 5.92 Å². The average molecular weight is 204 g/mol. The molecule has 0 bridgehead atoms. The van der Waals surface area contributed by atoms with E-state index in [1.165, 1.54) is 0 Å². The summed E-state index contributed by atoms with van der Waals surface area (Å²) in [5, 5.41) is 25.9. The van der Waals surface area contributed by atoms with Gasteiger partial charge in [-0.3, -0.25) is 4.79 Å². The lowest BCUT2D eigenvalue weighted by molar-refractivity contribution is -0.143. The Labute approximate surface area is 84.6 Å². The van der Waals surface area contributed by atoms with Crippen LogP contribution in [0.4, 0.5) is 0 Å². The van der Waals surface area contributed by atoms with E-state index in [0.29, 0.717) is 6.42 Å². The first-order valence-electron chi connectivity index (χ1n) is 5.17. The van der Waals surface area contributed by atoms with Crippen LogP contribution in [0.1, 0.15) is 38.5 Å². The zero-order chi connectivity index (χ0) is 10.8. The number of aliphatic hydroxyl groups excluding tert-OH is 2. The molecule has 0 saturated heterocycles. The largest absolute Gasteiger partial charge is 0.481 e. The van der Waals surface area contributed by atoms with Crippen LogP contribution in [0, 0.1) is 5.92 Å². The standard InChI is InChI=1S/C10H20O4/c11-7-5-3-1-2-4-6-9(8-12)10(13)14/h9,11-12H,1-8H2,(H,13,14). The Kier molecular flexibility index (Phi) is 8.57.